The smallest absolute Gasteiger partial charge is 0.313 e. The molecule has 2 N–H and O–H groups in total. The Bertz CT molecular complexity index is 735. The lowest BCUT2D eigenvalue weighted by molar-refractivity contribution is -0.133. The Kier molecular flexibility index (Phi) is 6.62. The van der Waals surface area contributed by atoms with Crippen molar-refractivity contribution in [1.29, 1.82) is 0 Å². The Morgan fingerprint density at radius 1 is 1.42 bits per heavy atom. The van der Waals surface area contributed by atoms with Gasteiger partial charge in [-0.2, -0.15) is 0 Å². The Labute approximate surface area is 148 Å². The zero-order valence-electron chi connectivity index (χ0n) is 13.0. The Morgan fingerprint density at radius 3 is 2.88 bits per heavy atom. The van der Waals surface area contributed by atoms with Gasteiger partial charge in [0, 0.05) is 17.3 Å². The molecule has 1 amide bonds. The van der Waals surface area contributed by atoms with Gasteiger partial charge in [0.1, 0.15) is 0 Å². The van der Waals surface area contributed by atoms with E-state index in [4.69, 9.17) is 16.7 Å². The quantitative estimate of drug-likeness (QED) is 0.692. The van der Waals surface area contributed by atoms with Crippen LogP contribution < -0.4 is 5.32 Å². The second kappa shape index (κ2) is 8.70. The van der Waals surface area contributed by atoms with Gasteiger partial charge in [0.15, 0.2) is 5.69 Å². The third-order valence-corrected chi connectivity index (χ3v) is 4.30. The highest BCUT2D eigenvalue weighted by Gasteiger charge is 2.19. The minimum Gasteiger partial charge on any atom is -0.481 e. The second-order valence-electron chi connectivity index (χ2n) is 4.83. The Morgan fingerprint density at radius 2 is 2.21 bits per heavy atom. The molecule has 0 unspecified atom stereocenters. The molecule has 0 saturated heterocycles. The van der Waals surface area contributed by atoms with Crippen LogP contribution in [-0.2, 0) is 11.2 Å². The highest BCUT2D eigenvalue weighted by atomic mass is 35.5. The van der Waals surface area contributed by atoms with Crippen molar-refractivity contribution in [3.8, 4) is 5.69 Å². The number of nitrogens with one attached hydrogen (secondary N) is 1. The topological polar surface area (TPSA) is 97.1 Å². The second-order valence-corrected chi connectivity index (χ2v) is 6.37. The van der Waals surface area contributed by atoms with Crippen LogP contribution in [0.2, 0.25) is 5.02 Å². The third kappa shape index (κ3) is 4.72. The fourth-order valence-corrected chi connectivity index (χ4v) is 2.84. The molecule has 0 aliphatic carbocycles. The van der Waals surface area contributed by atoms with E-state index in [9.17, 15) is 9.59 Å². The van der Waals surface area contributed by atoms with Crippen molar-refractivity contribution in [1.82, 2.24) is 20.3 Å². The monoisotopic (exact) mass is 368 g/mol. The number of carboxylic acid groups (broad SMARTS) is 1. The molecule has 9 heteroatoms. The average molecular weight is 369 g/mol. The van der Waals surface area contributed by atoms with Crippen LogP contribution in [0.15, 0.2) is 24.3 Å². The SMILES string of the molecule is CCc1c(C(=O)NCCSCC(=O)O)nnn1-c1cccc(Cl)c1. The molecule has 1 aromatic heterocycles. The summed E-state index contributed by atoms with van der Waals surface area (Å²) in [6, 6.07) is 7.15. The van der Waals surface area contributed by atoms with E-state index in [1.54, 1.807) is 22.9 Å². The molecule has 1 aromatic carbocycles. The predicted octanol–water partition coefficient (Wildman–Crippen LogP) is 2.03. The van der Waals surface area contributed by atoms with E-state index in [2.05, 4.69) is 15.6 Å². The third-order valence-electron chi connectivity index (χ3n) is 3.12. The molecule has 0 saturated carbocycles. The highest BCUT2D eigenvalue weighted by molar-refractivity contribution is 7.99. The molecule has 128 valence electrons. The standard InChI is InChI=1S/C15H17ClN4O3S/c1-2-12-14(15(23)17-6-7-24-9-13(21)22)18-19-20(12)11-5-3-4-10(16)8-11/h3-5,8H,2,6-7,9H2,1H3,(H,17,23)(H,21,22). The molecule has 0 radical (unpaired) electrons. The van der Waals surface area contributed by atoms with Crippen LogP contribution in [0.1, 0.15) is 23.1 Å². The molecular formula is C15H17ClN4O3S. The van der Waals surface area contributed by atoms with Gasteiger partial charge in [0.2, 0.25) is 0 Å². The summed E-state index contributed by atoms with van der Waals surface area (Å²) < 4.78 is 1.60. The van der Waals surface area contributed by atoms with E-state index >= 15 is 0 Å². The van der Waals surface area contributed by atoms with E-state index in [1.807, 2.05) is 13.0 Å². The molecule has 0 bridgehead atoms. The number of rotatable bonds is 8. The number of carbonyl (C=O) groups excluding carboxylic acids is 1. The Balaban J connectivity index is 2.05. The van der Waals surface area contributed by atoms with E-state index < -0.39 is 5.97 Å². The first-order valence-corrected chi connectivity index (χ1v) is 8.84. The number of benzene rings is 1. The molecule has 0 atom stereocenters. The first kappa shape index (κ1) is 18.3. The minimum atomic E-state index is -0.871. The zero-order chi connectivity index (χ0) is 17.5. The van der Waals surface area contributed by atoms with Crippen molar-refractivity contribution >= 4 is 35.2 Å². The normalized spacial score (nSPS) is 10.6. The van der Waals surface area contributed by atoms with Crippen LogP contribution in [0, 0.1) is 0 Å². The molecular weight excluding hydrogens is 352 g/mol. The number of carboxylic acids is 1. The maximum atomic E-state index is 12.3. The zero-order valence-corrected chi connectivity index (χ0v) is 14.6. The van der Waals surface area contributed by atoms with Crippen molar-refractivity contribution in [3.05, 3.63) is 40.7 Å². The number of aromatic nitrogens is 3. The van der Waals surface area contributed by atoms with Crippen LogP contribution in [0.5, 0.6) is 0 Å². The van der Waals surface area contributed by atoms with Gasteiger partial charge in [0.05, 0.1) is 17.1 Å². The lowest BCUT2D eigenvalue weighted by atomic mass is 10.2. The summed E-state index contributed by atoms with van der Waals surface area (Å²) in [5.74, 6) is -0.664. The van der Waals surface area contributed by atoms with Gasteiger partial charge < -0.3 is 10.4 Å². The number of amides is 1. The maximum absolute atomic E-state index is 12.3. The lowest BCUT2D eigenvalue weighted by Gasteiger charge is -2.07. The number of hydrogen-bond donors (Lipinski definition) is 2. The molecule has 24 heavy (non-hydrogen) atoms. The van der Waals surface area contributed by atoms with Gasteiger partial charge >= 0.3 is 5.97 Å². The van der Waals surface area contributed by atoms with Crippen molar-refractivity contribution < 1.29 is 14.7 Å². The summed E-state index contributed by atoms with van der Waals surface area (Å²) in [6.45, 7) is 2.28. The van der Waals surface area contributed by atoms with Crippen LogP contribution in [0.3, 0.4) is 0 Å². The summed E-state index contributed by atoms with van der Waals surface area (Å²) in [5, 5.41) is 19.9. The van der Waals surface area contributed by atoms with Gasteiger partial charge in [-0.3, -0.25) is 9.59 Å². The predicted molar refractivity (Wildman–Crippen MR) is 93.0 cm³/mol. The molecule has 7 nitrogen and oxygen atoms in total. The van der Waals surface area contributed by atoms with E-state index in [0.717, 1.165) is 5.69 Å². The number of carbonyl (C=O) groups is 2. The van der Waals surface area contributed by atoms with E-state index in [-0.39, 0.29) is 17.4 Å². The van der Waals surface area contributed by atoms with Crippen LogP contribution in [-0.4, -0.2) is 50.0 Å². The van der Waals surface area contributed by atoms with Gasteiger partial charge in [-0.25, -0.2) is 4.68 Å². The molecule has 2 aromatic rings. The van der Waals surface area contributed by atoms with Gasteiger partial charge in [-0.15, -0.1) is 16.9 Å². The molecule has 0 spiro atoms. The lowest BCUT2D eigenvalue weighted by Crippen LogP contribution is -2.27. The van der Waals surface area contributed by atoms with E-state index in [1.165, 1.54) is 11.8 Å². The summed E-state index contributed by atoms with van der Waals surface area (Å²) in [7, 11) is 0. The van der Waals surface area contributed by atoms with Crippen molar-refractivity contribution in [2.24, 2.45) is 0 Å². The van der Waals surface area contributed by atoms with Crippen LogP contribution in [0.25, 0.3) is 5.69 Å². The summed E-state index contributed by atoms with van der Waals surface area (Å²) in [4.78, 5) is 22.7. The number of nitrogens with zero attached hydrogens (tertiary/aromatic N) is 3. The summed E-state index contributed by atoms with van der Waals surface area (Å²) in [6.07, 6.45) is 0.579. The average Bonchev–Trinajstić information content (AvgIpc) is 2.98. The van der Waals surface area contributed by atoms with Gasteiger partial charge in [-0.1, -0.05) is 29.8 Å². The van der Waals surface area contributed by atoms with Gasteiger partial charge in [-0.05, 0) is 24.6 Å². The molecule has 0 aliphatic rings. The maximum Gasteiger partial charge on any atom is 0.313 e. The van der Waals surface area contributed by atoms with Crippen LogP contribution >= 0.6 is 23.4 Å². The van der Waals surface area contributed by atoms with Gasteiger partial charge in [0.25, 0.3) is 5.91 Å². The first-order valence-electron chi connectivity index (χ1n) is 7.31. The van der Waals surface area contributed by atoms with Crippen molar-refractivity contribution in [3.63, 3.8) is 0 Å². The first-order chi connectivity index (χ1) is 11.5. The molecule has 1 heterocycles. The number of halogens is 1. The number of thioether (sulfide) groups is 1. The van der Waals surface area contributed by atoms with Crippen LogP contribution in [0.4, 0.5) is 0 Å². The summed E-state index contributed by atoms with van der Waals surface area (Å²) in [5.41, 5.74) is 1.69. The fraction of sp³-hybridized carbons (Fsp3) is 0.333. The van der Waals surface area contributed by atoms with Crippen molar-refractivity contribution in [2.75, 3.05) is 18.1 Å². The number of aliphatic carboxylic acids is 1. The Hall–Kier alpha value is -2.06. The molecule has 2 rings (SSSR count). The largest absolute Gasteiger partial charge is 0.481 e. The number of hydrogen-bond acceptors (Lipinski definition) is 5. The highest BCUT2D eigenvalue weighted by Crippen LogP contribution is 2.17. The minimum absolute atomic E-state index is 0.0149. The summed E-state index contributed by atoms with van der Waals surface area (Å²) >= 11 is 7.24. The van der Waals surface area contributed by atoms with Crippen molar-refractivity contribution in [2.45, 2.75) is 13.3 Å². The van der Waals surface area contributed by atoms with E-state index in [0.29, 0.717) is 29.4 Å². The molecule has 0 aliphatic heterocycles. The fourth-order valence-electron chi connectivity index (χ4n) is 2.09. The molecule has 0 fully saturated rings.